The molecule has 0 aliphatic carbocycles. The first-order valence-electron chi connectivity index (χ1n) is 6.24. The van der Waals surface area contributed by atoms with Crippen molar-refractivity contribution in [3.8, 4) is 0 Å². The highest BCUT2D eigenvalue weighted by Gasteiger charge is 2.25. The van der Waals surface area contributed by atoms with Crippen molar-refractivity contribution >= 4 is 0 Å². The van der Waals surface area contributed by atoms with Crippen molar-refractivity contribution in [1.29, 1.82) is 0 Å². The molecule has 0 aromatic heterocycles. The van der Waals surface area contributed by atoms with Gasteiger partial charge in [0.15, 0.2) is 0 Å². The average molecular weight is 230 g/mol. The van der Waals surface area contributed by atoms with Gasteiger partial charge in [-0.05, 0) is 38.9 Å². The molecule has 3 atom stereocenters. The maximum Gasteiger partial charge on any atom is 0.0724 e. The monoisotopic (exact) mass is 230 g/mol. The molecule has 1 saturated heterocycles. The van der Waals surface area contributed by atoms with Crippen LogP contribution in [0.3, 0.4) is 0 Å². The molecule has 16 heavy (non-hydrogen) atoms. The van der Waals surface area contributed by atoms with Crippen molar-refractivity contribution in [2.75, 3.05) is 40.4 Å². The van der Waals surface area contributed by atoms with Crippen molar-refractivity contribution in [2.45, 2.75) is 31.9 Å². The predicted octanol–water partition coefficient (Wildman–Crippen LogP) is 0.314. The number of ether oxygens (including phenoxy) is 1. The van der Waals surface area contributed by atoms with Crippen LogP contribution in [0.5, 0.6) is 0 Å². The van der Waals surface area contributed by atoms with Crippen LogP contribution >= 0.6 is 0 Å². The molecule has 1 heterocycles. The molecule has 96 valence electrons. The lowest BCUT2D eigenvalue weighted by Gasteiger charge is -2.36. The zero-order chi connectivity index (χ0) is 12.0. The van der Waals surface area contributed by atoms with Gasteiger partial charge in [-0.3, -0.25) is 0 Å². The van der Waals surface area contributed by atoms with Crippen LogP contribution in [-0.4, -0.2) is 62.6 Å². The van der Waals surface area contributed by atoms with E-state index in [1.165, 1.54) is 6.42 Å². The summed E-state index contributed by atoms with van der Waals surface area (Å²) in [4.78, 5) is 2.44. The van der Waals surface area contributed by atoms with E-state index in [0.717, 1.165) is 26.1 Å². The van der Waals surface area contributed by atoms with E-state index in [0.29, 0.717) is 12.0 Å². The summed E-state index contributed by atoms with van der Waals surface area (Å²) >= 11 is 0. The van der Waals surface area contributed by atoms with Gasteiger partial charge in [0.2, 0.25) is 0 Å². The number of hydrogen-bond acceptors (Lipinski definition) is 4. The minimum absolute atomic E-state index is 0.217. The van der Waals surface area contributed by atoms with E-state index in [9.17, 15) is 0 Å². The number of aliphatic hydroxyl groups excluding tert-OH is 1. The molecule has 0 amide bonds. The van der Waals surface area contributed by atoms with E-state index < -0.39 is 0 Å². The van der Waals surface area contributed by atoms with Gasteiger partial charge in [-0.15, -0.1) is 0 Å². The fourth-order valence-corrected chi connectivity index (χ4v) is 2.27. The molecule has 1 aliphatic heterocycles. The zero-order valence-corrected chi connectivity index (χ0v) is 10.8. The van der Waals surface area contributed by atoms with E-state index in [1.54, 1.807) is 7.11 Å². The second-order valence-electron chi connectivity index (χ2n) is 4.80. The largest absolute Gasteiger partial charge is 0.395 e. The third kappa shape index (κ3) is 4.01. The van der Waals surface area contributed by atoms with Crippen molar-refractivity contribution < 1.29 is 9.84 Å². The third-order valence-corrected chi connectivity index (χ3v) is 3.70. The Bertz CT molecular complexity index is 186. The van der Waals surface area contributed by atoms with Gasteiger partial charge in [0.05, 0.1) is 12.7 Å². The molecule has 2 N–H and O–H groups in total. The molecule has 3 unspecified atom stereocenters. The highest BCUT2D eigenvalue weighted by molar-refractivity contribution is 4.79. The number of aliphatic hydroxyl groups is 1. The quantitative estimate of drug-likeness (QED) is 0.689. The van der Waals surface area contributed by atoms with Gasteiger partial charge in [0.1, 0.15) is 0 Å². The third-order valence-electron chi connectivity index (χ3n) is 3.70. The first-order valence-corrected chi connectivity index (χ1v) is 6.24. The Morgan fingerprint density at radius 1 is 1.56 bits per heavy atom. The molecule has 4 heteroatoms. The van der Waals surface area contributed by atoms with E-state index in [1.807, 2.05) is 7.05 Å². The van der Waals surface area contributed by atoms with Crippen LogP contribution in [0, 0.1) is 5.92 Å². The first kappa shape index (κ1) is 13.9. The number of methoxy groups -OCH3 is 1. The van der Waals surface area contributed by atoms with Crippen molar-refractivity contribution in [3.63, 3.8) is 0 Å². The maximum atomic E-state index is 9.09. The van der Waals surface area contributed by atoms with Gasteiger partial charge >= 0.3 is 0 Å². The summed E-state index contributed by atoms with van der Waals surface area (Å²) in [5, 5.41) is 12.2. The van der Waals surface area contributed by atoms with Gasteiger partial charge in [0.25, 0.3) is 0 Å². The van der Waals surface area contributed by atoms with Crippen LogP contribution in [0.2, 0.25) is 0 Å². The summed E-state index contributed by atoms with van der Waals surface area (Å²) < 4.78 is 5.49. The molecule has 1 aliphatic rings. The molecule has 1 rings (SSSR count). The topological polar surface area (TPSA) is 44.7 Å². The van der Waals surface area contributed by atoms with Crippen LogP contribution in [-0.2, 0) is 4.74 Å². The number of nitrogens with zero attached hydrogens (tertiary/aromatic N) is 1. The Morgan fingerprint density at radius 2 is 2.31 bits per heavy atom. The number of likely N-dealkylation sites (N-methyl/N-ethyl adjacent to an activating group) is 1. The van der Waals surface area contributed by atoms with Gasteiger partial charge in [-0.25, -0.2) is 0 Å². The molecule has 0 aromatic carbocycles. The molecule has 0 radical (unpaired) electrons. The zero-order valence-electron chi connectivity index (χ0n) is 10.8. The highest BCUT2D eigenvalue weighted by Crippen LogP contribution is 2.19. The second-order valence-corrected chi connectivity index (χ2v) is 4.80. The fourth-order valence-electron chi connectivity index (χ4n) is 2.27. The number of rotatable bonds is 6. The lowest BCUT2D eigenvalue weighted by molar-refractivity contribution is -0.00617. The molecule has 0 bridgehead atoms. The summed E-state index contributed by atoms with van der Waals surface area (Å²) in [6.07, 6.45) is 2.58. The molecule has 0 aromatic rings. The molecule has 0 saturated carbocycles. The van der Waals surface area contributed by atoms with Crippen LogP contribution in [0.25, 0.3) is 0 Å². The number of likely N-dealkylation sites (tertiary alicyclic amines) is 1. The predicted molar refractivity (Wildman–Crippen MR) is 65.6 cm³/mol. The molecule has 1 fully saturated rings. The molecule has 4 nitrogen and oxygen atoms in total. The maximum absolute atomic E-state index is 9.09. The van der Waals surface area contributed by atoms with Crippen LogP contribution in [0.1, 0.15) is 19.8 Å². The average Bonchev–Trinajstić information content (AvgIpc) is 2.32. The Hall–Kier alpha value is -0.160. The molecule has 0 spiro atoms. The fraction of sp³-hybridized carbons (Fsp3) is 1.00. The number of hydrogen-bond donors (Lipinski definition) is 2. The summed E-state index contributed by atoms with van der Waals surface area (Å²) in [5.41, 5.74) is 0. The minimum atomic E-state index is 0.217. The summed E-state index contributed by atoms with van der Waals surface area (Å²) in [7, 11) is 3.70. The van der Waals surface area contributed by atoms with Crippen molar-refractivity contribution in [3.05, 3.63) is 0 Å². The summed E-state index contributed by atoms with van der Waals surface area (Å²) in [6.45, 7) is 5.70. The Morgan fingerprint density at radius 3 is 2.88 bits per heavy atom. The van der Waals surface area contributed by atoms with E-state index in [2.05, 4.69) is 17.1 Å². The summed E-state index contributed by atoms with van der Waals surface area (Å²) in [5.74, 6) is 0.666. The smallest absolute Gasteiger partial charge is 0.0724 e. The number of piperidine rings is 1. The first-order chi connectivity index (χ1) is 7.71. The van der Waals surface area contributed by atoms with E-state index in [4.69, 9.17) is 9.84 Å². The van der Waals surface area contributed by atoms with Gasteiger partial charge in [0, 0.05) is 19.7 Å². The molecular weight excluding hydrogens is 204 g/mol. The van der Waals surface area contributed by atoms with Crippen LogP contribution in [0.15, 0.2) is 0 Å². The number of nitrogens with one attached hydrogen (secondary N) is 1. The minimum Gasteiger partial charge on any atom is -0.395 e. The van der Waals surface area contributed by atoms with Crippen molar-refractivity contribution in [2.24, 2.45) is 5.92 Å². The van der Waals surface area contributed by atoms with Gasteiger partial charge in [-0.1, -0.05) is 6.92 Å². The van der Waals surface area contributed by atoms with Crippen molar-refractivity contribution in [1.82, 2.24) is 10.2 Å². The molecular formula is C12H26N2O2. The lowest BCUT2D eigenvalue weighted by atomic mass is 9.95. The van der Waals surface area contributed by atoms with E-state index >= 15 is 0 Å². The second kappa shape index (κ2) is 7.22. The Balaban J connectivity index is 2.27. The standard InChI is InChI=1S/C12H26N2O2/c1-10-4-6-14(8-12(10)16-3)7-5-11(9-15)13-2/h10-13,15H,4-9H2,1-3H3. The summed E-state index contributed by atoms with van der Waals surface area (Å²) in [6, 6.07) is 0.223. The van der Waals surface area contributed by atoms with Crippen LogP contribution < -0.4 is 5.32 Å². The SMILES string of the molecule is CNC(CO)CCN1CCC(C)C(OC)C1. The van der Waals surface area contributed by atoms with Gasteiger partial charge < -0.3 is 20.1 Å². The lowest BCUT2D eigenvalue weighted by Crippen LogP contribution is -2.45. The van der Waals surface area contributed by atoms with Gasteiger partial charge in [-0.2, -0.15) is 0 Å². The normalized spacial score (nSPS) is 29.2. The Labute approximate surface area is 99.0 Å². The van der Waals surface area contributed by atoms with E-state index in [-0.39, 0.29) is 12.6 Å². The van der Waals surface area contributed by atoms with Crippen LogP contribution in [0.4, 0.5) is 0 Å². The Kier molecular flexibility index (Phi) is 6.28. The highest BCUT2D eigenvalue weighted by atomic mass is 16.5.